The molecule has 1 aromatic carbocycles. The van der Waals surface area contributed by atoms with E-state index in [2.05, 4.69) is 0 Å². The second kappa shape index (κ2) is 5.03. The van der Waals surface area contributed by atoms with Gasteiger partial charge in [0.15, 0.2) is 0 Å². The fraction of sp³-hybridized carbons (Fsp3) is 0. The molecular weight excluding hydrogens is 232 g/mol. The van der Waals surface area contributed by atoms with Crippen LogP contribution in [0, 0.1) is 5.82 Å². The fourth-order valence-corrected chi connectivity index (χ4v) is 1.41. The average molecular weight is 243 g/mol. The minimum atomic E-state index is -3.58. The molecule has 1 rings (SSSR count). The van der Waals surface area contributed by atoms with E-state index in [1.807, 2.05) is 5.09 Å². The van der Waals surface area contributed by atoms with Gasteiger partial charge in [-0.3, -0.25) is 25.5 Å². The lowest BCUT2D eigenvalue weighted by atomic mass is 10.2. The van der Waals surface area contributed by atoms with Gasteiger partial charge >= 0.3 is 7.59 Å². The number of carbonyl (C=O) groups is 1. The normalized spacial score (nSPS) is 11.7. The molecule has 0 aliphatic rings. The van der Waals surface area contributed by atoms with Crippen molar-refractivity contribution in [1.29, 1.82) is 0 Å². The van der Waals surface area contributed by atoms with Gasteiger partial charge in [0.1, 0.15) is 5.82 Å². The van der Waals surface area contributed by atoms with Crippen LogP contribution in [0.5, 0.6) is 0 Å². The first kappa shape index (κ1) is 12.6. The van der Waals surface area contributed by atoms with Gasteiger partial charge in [0.05, 0.1) is 0 Å². The highest BCUT2D eigenvalue weighted by atomic mass is 31.2. The number of hydrogen-bond acceptors (Lipinski definition) is 2. The van der Waals surface area contributed by atoms with Crippen molar-refractivity contribution in [3.05, 3.63) is 41.7 Å². The first-order chi connectivity index (χ1) is 7.37. The van der Waals surface area contributed by atoms with Crippen LogP contribution in [0.15, 0.2) is 30.3 Å². The van der Waals surface area contributed by atoms with Crippen LogP contribution in [0.3, 0.4) is 0 Å². The summed E-state index contributed by atoms with van der Waals surface area (Å²) in [6, 6.07) is 5.64. The Hall–Kier alpha value is -1.49. The average Bonchev–Trinajstić information content (AvgIpc) is 2.12. The summed E-state index contributed by atoms with van der Waals surface area (Å²) in [5, 5.41) is 1.90. The lowest BCUT2D eigenvalue weighted by Gasteiger charge is -2.05. The fourth-order valence-electron chi connectivity index (χ4n) is 0.992. The quantitative estimate of drug-likeness (QED) is 0.544. The van der Waals surface area contributed by atoms with E-state index in [1.165, 1.54) is 24.3 Å². The molecule has 0 aromatic heterocycles. The van der Waals surface area contributed by atoms with Gasteiger partial charge in [0.25, 0.3) is 5.91 Å². The number of amides is 1. The van der Waals surface area contributed by atoms with Gasteiger partial charge in [-0.05, 0) is 23.8 Å². The van der Waals surface area contributed by atoms with Crippen LogP contribution in [0.1, 0.15) is 5.56 Å². The molecule has 0 saturated carbocycles. The molecule has 0 heterocycles. The third-order valence-electron chi connectivity index (χ3n) is 1.56. The molecule has 86 valence electrons. The minimum absolute atomic E-state index is 0.411. The third-order valence-corrected chi connectivity index (χ3v) is 2.13. The van der Waals surface area contributed by atoms with E-state index >= 15 is 0 Å². The highest BCUT2D eigenvalue weighted by Crippen LogP contribution is 2.16. The summed E-state index contributed by atoms with van der Waals surface area (Å²) in [6.45, 7) is 0. The van der Waals surface area contributed by atoms with Gasteiger partial charge in [-0.2, -0.15) is 0 Å². The van der Waals surface area contributed by atoms with Crippen LogP contribution in [0.4, 0.5) is 4.39 Å². The monoisotopic (exact) mass is 243 g/mol. The van der Waals surface area contributed by atoms with E-state index in [4.69, 9.17) is 11.0 Å². The van der Waals surface area contributed by atoms with Crippen molar-refractivity contribution in [1.82, 2.24) is 5.09 Å². The lowest BCUT2D eigenvalue weighted by Crippen LogP contribution is -2.26. The molecule has 1 aromatic rings. The Morgan fingerprint density at radius 3 is 2.69 bits per heavy atom. The lowest BCUT2D eigenvalue weighted by molar-refractivity contribution is -0.114. The van der Waals surface area contributed by atoms with E-state index in [-0.39, 0.29) is 0 Å². The summed E-state index contributed by atoms with van der Waals surface area (Å²) in [5.41, 5.74) is 10.4. The standard InChI is InChI=1S/C9H11FN3O2P/c10-8-3-1-2-7(6-8)4-5-9(14)13-16(11,12)15/h1-6H,(H5,11,12,13,14,15). The molecule has 0 radical (unpaired) electrons. The largest absolute Gasteiger partial charge is 0.300 e. The van der Waals surface area contributed by atoms with Gasteiger partial charge in [0.2, 0.25) is 0 Å². The number of nitrogens with two attached hydrogens (primary N) is 2. The number of nitrogens with one attached hydrogen (secondary N) is 1. The maximum atomic E-state index is 12.7. The number of hydrogen-bond donors (Lipinski definition) is 3. The summed E-state index contributed by atoms with van der Waals surface area (Å²) in [6.07, 6.45) is 2.43. The summed E-state index contributed by atoms with van der Waals surface area (Å²) >= 11 is 0. The molecule has 1 amide bonds. The van der Waals surface area contributed by atoms with Crippen LogP contribution in [0.25, 0.3) is 6.08 Å². The number of benzene rings is 1. The van der Waals surface area contributed by atoms with E-state index in [1.54, 1.807) is 6.07 Å². The second-order valence-corrected chi connectivity index (χ2v) is 4.72. The maximum Gasteiger partial charge on any atom is 0.300 e. The molecule has 0 spiro atoms. The van der Waals surface area contributed by atoms with Crippen molar-refractivity contribution >= 4 is 19.6 Å². The van der Waals surface area contributed by atoms with Gasteiger partial charge in [-0.25, -0.2) is 4.39 Å². The van der Waals surface area contributed by atoms with Gasteiger partial charge in [0, 0.05) is 6.08 Å². The predicted molar refractivity (Wildman–Crippen MR) is 59.6 cm³/mol. The molecule has 0 aliphatic carbocycles. The Bertz CT molecular complexity index is 470. The van der Waals surface area contributed by atoms with Crippen molar-refractivity contribution in [2.75, 3.05) is 0 Å². The van der Waals surface area contributed by atoms with Gasteiger partial charge < -0.3 is 0 Å². The molecule has 0 fully saturated rings. The number of halogens is 1. The first-order valence-electron chi connectivity index (χ1n) is 4.30. The van der Waals surface area contributed by atoms with Gasteiger partial charge in [-0.15, -0.1) is 0 Å². The highest BCUT2D eigenvalue weighted by Gasteiger charge is 2.09. The molecule has 0 aliphatic heterocycles. The zero-order valence-corrected chi connectivity index (χ0v) is 9.15. The molecule has 5 nitrogen and oxygen atoms in total. The Kier molecular flexibility index (Phi) is 3.95. The summed E-state index contributed by atoms with van der Waals surface area (Å²) in [7, 11) is -3.58. The molecule has 7 heteroatoms. The predicted octanol–water partition coefficient (Wildman–Crippen LogP) is 0.981. The zero-order valence-electron chi connectivity index (χ0n) is 8.26. The Labute approximate surface area is 91.9 Å². The van der Waals surface area contributed by atoms with E-state index in [0.29, 0.717) is 5.56 Å². The Morgan fingerprint density at radius 2 is 2.12 bits per heavy atom. The topological polar surface area (TPSA) is 98.2 Å². The third kappa shape index (κ3) is 4.84. The SMILES string of the molecule is NP(N)(=O)NC(=O)C=Cc1cccc(F)c1. The molecule has 0 bridgehead atoms. The summed E-state index contributed by atoms with van der Waals surface area (Å²) in [5.74, 6) is -1.11. The maximum absolute atomic E-state index is 12.7. The van der Waals surface area contributed by atoms with Crippen LogP contribution in [-0.4, -0.2) is 5.91 Å². The van der Waals surface area contributed by atoms with Crippen molar-refractivity contribution in [3.63, 3.8) is 0 Å². The summed E-state index contributed by atoms with van der Waals surface area (Å²) < 4.78 is 23.6. The van der Waals surface area contributed by atoms with Crippen LogP contribution >= 0.6 is 7.59 Å². The number of carbonyl (C=O) groups excluding carboxylic acids is 1. The van der Waals surface area contributed by atoms with Crippen LogP contribution in [0.2, 0.25) is 0 Å². The first-order valence-corrected chi connectivity index (χ1v) is 6.14. The minimum Gasteiger partial charge on any atom is -0.280 e. The molecule has 0 atom stereocenters. The molecule has 0 unspecified atom stereocenters. The van der Waals surface area contributed by atoms with Crippen molar-refractivity contribution in [3.8, 4) is 0 Å². The highest BCUT2D eigenvalue weighted by molar-refractivity contribution is 7.57. The Balaban J connectivity index is 2.67. The van der Waals surface area contributed by atoms with E-state index < -0.39 is 19.3 Å². The van der Waals surface area contributed by atoms with Gasteiger partial charge in [-0.1, -0.05) is 12.1 Å². The molecule has 5 N–H and O–H groups in total. The number of rotatable bonds is 3. The second-order valence-electron chi connectivity index (χ2n) is 3.07. The molecular formula is C9H11FN3O2P. The summed E-state index contributed by atoms with van der Waals surface area (Å²) in [4.78, 5) is 11.1. The van der Waals surface area contributed by atoms with E-state index in [9.17, 15) is 13.8 Å². The van der Waals surface area contributed by atoms with Crippen molar-refractivity contribution in [2.24, 2.45) is 11.0 Å². The van der Waals surface area contributed by atoms with Crippen molar-refractivity contribution in [2.45, 2.75) is 0 Å². The molecule has 0 saturated heterocycles. The Morgan fingerprint density at radius 1 is 1.44 bits per heavy atom. The van der Waals surface area contributed by atoms with Crippen LogP contribution in [-0.2, 0) is 9.36 Å². The van der Waals surface area contributed by atoms with Crippen LogP contribution < -0.4 is 16.1 Å². The van der Waals surface area contributed by atoms with E-state index in [0.717, 1.165) is 6.08 Å². The zero-order chi connectivity index (χ0) is 12.2. The van der Waals surface area contributed by atoms with Crippen molar-refractivity contribution < 1.29 is 13.8 Å². The smallest absolute Gasteiger partial charge is 0.280 e. The molecule has 16 heavy (non-hydrogen) atoms.